The van der Waals surface area contributed by atoms with Gasteiger partial charge in [0.1, 0.15) is 11.4 Å². The summed E-state index contributed by atoms with van der Waals surface area (Å²) in [4.78, 5) is 19.1. The zero-order chi connectivity index (χ0) is 18.1. The summed E-state index contributed by atoms with van der Waals surface area (Å²) in [7, 11) is 0. The number of aromatic amines is 1. The molecular weight excluding hydrogens is 348 g/mol. The fraction of sp³-hybridized carbons (Fsp3) is 0.333. The molecule has 3 aromatic heterocycles. The number of nitrogens with one attached hydrogen (secondary N) is 2. The Kier molecular flexibility index (Phi) is 4.21. The molecule has 4 heterocycles. The van der Waals surface area contributed by atoms with E-state index in [4.69, 9.17) is 4.74 Å². The van der Waals surface area contributed by atoms with Gasteiger partial charge in [-0.2, -0.15) is 10.2 Å². The Bertz CT molecular complexity index is 933. The Balaban J connectivity index is 1.63. The smallest absolute Gasteiger partial charge is 0.284 e. The number of hydrogen-bond donors (Lipinski definition) is 2. The molecule has 11 heteroatoms. The van der Waals surface area contributed by atoms with Crippen molar-refractivity contribution in [1.29, 1.82) is 0 Å². The highest BCUT2D eigenvalue weighted by atomic mass is 19.3. The minimum atomic E-state index is -2.80. The number of anilines is 2. The standard InChI is InChI=1S/C15H15F2N7O2/c16-13(17)12-10(8-18-22-12)20-15(25)9-7-19-24-2-1-11(21-14(9)24)23-3-5-26-6-4-23/h1-2,7-8,13H,3-6H2,(H,18,22)(H,20,25). The minimum Gasteiger partial charge on any atom is -0.378 e. The first-order chi connectivity index (χ1) is 12.6. The van der Waals surface area contributed by atoms with Gasteiger partial charge in [-0.3, -0.25) is 9.89 Å². The number of nitrogens with zero attached hydrogens (tertiary/aromatic N) is 5. The van der Waals surface area contributed by atoms with Crippen molar-refractivity contribution < 1.29 is 18.3 Å². The van der Waals surface area contributed by atoms with Crippen LogP contribution in [0.1, 0.15) is 22.5 Å². The highest BCUT2D eigenvalue weighted by Gasteiger charge is 2.21. The quantitative estimate of drug-likeness (QED) is 0.728. The van der Waals surface area contributed by atoms with E-state index in [1.54, 1.807) is 12.3 Å². The van der Waals surface area contributed by atoms with E-state index in [9.17, 15) is 13.6 Å². The fourth-order valence-corrected chi connectivity index (χ4v) is 2.74. The van der Waals surface area contributed by atoms with Crippen molar-refractivity contribution in [2.24, 2.45) is 0 Å². The Morgan fingerprint density at radius 3 is 2.92 bits per heavy atom. The van der Waals surface area contributed by atoms with Crippen LogP contribution in [0.2, 0.25) is 0 Å². The lowest BCUT2D eigenvalue weighted by Crippen LogP contribution is -2.36. The second-order valence-corrected chi connectivity index (χ2v) is 5.65. The lowest BCUT2D eigenvalue weighted by atomic mass is 10.3. The lowest BCUT2D eigenvalue weighted by Gasteiger charge is -2.27. The number of alkyl halides is 2. The number of ether oxygens (including phenoxy) is 1. The van der Waals surface area contributed by atoms with E-state index in [2.05, 4.69) is 25.6 Å². The number of rotatable bonds is 4. The molecule has 0 aromatic carbocycles. The highest BCUT2D eigenvalue weighted by Crippen LogP contribution is 2.25. The predicted molar refractivity (Wildman–Crippen MR) is 87.5 cm³/mol. The molecule has 0 bridgehead atoms. The third-order valence-electron chi connectivity index (χ3n) is 4.06. The second-order valence-electron chi connectivity index (χ2n) is 5.65. The van der Waals surface area contributed by atoms with Crippen LogP contribution in [-0.4, -0.2) is 57.0 Å². The van der Waals surface area contributed by atoms with Gasteiger partial charge < -0.3 is 15.0 Å². The van der Waals surface area contributed by atoms with Crippen LogP contribution < -0.4 is 10.2 Å². The van der Waals surface area contributed by atoms with Crippen molar-refractivity contribution in [3.05, 3.63) is 35.9 Å². The van der Waals surface area contributed by atoms with Gasteiger partial charge in [-0.15, -0.1) is 0 Å². The molecule has 2 N–H and O–H groups in total. The summed E-state index contributed by atoms with van der Waals surface area (Å²) in [6, 6.07) is 1.80. The SMILES string of the molecule is O=C(Nc1c[nH]nc1C(F)F)c1cnn2ccc(N3CCOCC3)nc12. The van der Waals surface area contributed by atoms with E-state index in [1.807, 2.05) is 4.90 Å². The van der Waals surface area contributed by atoms with Gasteiger partial charge >= 0.3 is 0 Å². The molecule has 136 valence electrons. The zero-order valence-electron chi connectivity index (χ0n) is 13.5. The summed E-state index contributed by atoms with van der Waals surface area (Å²) in [5, 5.41) is 12.3. The molecule has 0 radical (unpaired) electrons. The Morgan fingerprint density at radius 1 is 1.35 bits per heavy atom. The first-order valence-electron chi connectivity index (χ1n) is 7.94. The van der Waals surface area contributed by atoms with Crippen molar-refractivity contribution in [3.8, 4) is 0 Å². The van der Waals surface area contributed by atoms with E-state index in [0.717, 1.165) is 0 Å². The van der Waals surface area contributed by atoms with Crippen molar-refractivity contribution in [2.75, 3.05) is 36.5 Å². The molecule has 3 aromatic rings. The maximum Gasteiger partial charge on any atom is 0.284 e. The van der Waals surface area contributed by atoms with Crippen LogP contribution in [0.25, 0.3) is 5.65 Å². The third-order valence-corrected chi connectivity index (χ3v) is 4.06. The van der Waals surface area contributed by atoms with Gasteiger partial charge in [-0.05, 0) is 6.07 Å². The average Bonchev–Trinajstić information content (AvgIpc) is 3.28. The molecule has 4 rings (SSSR count). The van der Waals surface area contributed by atoms with Crippen molar-refractivity contribution in [2.45, 2.75) is 6.43 Å². The first kappa shape index (κ1) is 16.4. The van der Waals surface area contributed by atoms with Crippen LogP contribution in [0.15, 0.2) is 24.7 Å². The summed E-state index contributed by atoms with van der Waals surface area (Å²) < 4.78 is 32.6. The molecule has 9 nitrogen and oxygen atoms in total. The van der Waals surface area contributed by atoms with Crippen LogP contribution in [0.5, 0.6) is 0 Å². The van der Waals surface area contributed by atoms with Gasteiger partial charge in [-0.25, -0.2) is 18.3 Å². The third kappa shape index (κ3) is 2.96. The van der Waals surface area contributed by atoms with Crippen LogP contribution in [0.3, 0.4) is 0 Å². The second kappa shape index (κ2) is 6.67. The average molecular weight is 363 g/mol. The molecular formula is C15H15F2N7O2. The summed E-state index contributed by atoms with van der Waals surface area (Å²) in [6.07, 6.45) is 1.46. The number of morpholine rings is 1. The maximum atomic E-state index is 12.9. The van der Waals surface area contributed by atoms with Crippen LogP contribution >= 0.6 is 0 Å². The van der Waals surface area contributed by atoms with E-state index >= 15 is 0 Å². The Morgan fingerprint density at radius 2 is 2.15 bits per heavy atom. The fourth-order valence-electron chi connectivity index (χ4n) is 2.74. The van der Waals surface area contributed by atoms with Gasteiger partial charge in [-0.1, -0.05) is 0 Å². The molecule has 1 aliphatic heterocycles. The van der Waals surface area contributed by atoms with Gasteiger partial charge in [0.25, 0.3) is 12.3 Å². The van der Waals surface area contributed by atoms with Crippen molar-refractivity contribution >= 4 is 23.1 Å². The normalized spacial score (nSPS) is 15.0. The first-order valence-corrected chi connectivity index (χ1v) is 7.94. The Hall–Kier alpha value is -3.08. The molecule has 1 amide bonds. The number of carbonyl (C=O) groups is 1. The molecule has 1 aliphatic rings. The molecule has 0 aliphatic carbocycles. The molecule has 0 atom stereocenters. The number of amides is 1. The maximum absolute atomic E-state index is 12.9. The summed E-state index contributed by atoms with van der Waals surface area (Å²) >= 11 is 0. The molecule has 0 saturated carbocycles. The van der Waals surface area contributed by atoms with E-state index < -0.39 is 18.0 Å². The zero-order valence-corrected chi connectivity index (χ0v) is 13.5. The molecule has 0 spiro atoms. The van der Waals surface area contributed by atoms with Crippen LogP contribution in [0.4, 0.5) is 20.3 Å². The Labute approximate surface area is 146 Å². The van der Waals surface area contributed by atoms with Crippen molar-refractivity contribution in [1.82, 2.24) is 24.8 Å². The van der Waals surface area contributed by atoms with Crippen LogP contribution in [-0.2, 0) is 4.74 Å². The predicted octanol–water partition coefficient (Wildman–Crippen LogP) is 1.48. The number of carbonyl (C=O) groups excluding carboxylic acids is 1. The van der Waals surface area contributed by atoms with E-state index in [1.165, 1.54) is 16.9 Å². The summed E-state index contributed by atoms with van der Waals surface area (Å²) in [5.74, 6) is 0.113. The van der Waals surface area contributed by atoms with E-state index in [-0.39, 0.29) is 11.3 Å². The molecule has 0 unspecified atom stereocenters. The summed E-state index contributed by atoms with van der Waals surface area (Å²) in [6.45, 7) is 2.62. The van der Waals surface area contributed by atoms with Crippen LogP contribution in [0, 0.1) is 0 Å². The van der Waals surface area contributed by atoms with Gasteiger partial charge in [0.15, 0.2) is 11.3 Å². The number of H-pyrrole nitrogens is 1. The van der Waals surface area contributed by atoms with Gasteiger partial charge in [0.05, 0.1) is 25.1 Å². The summed E-state index contributed by atoms with van der Waals surface area (Å²) in [5.41, 5.74) is -0.0689. The number of fused-ring (bicyclic) bond motifs is 1. The molecule has 26 heavy (non-hydrogen) atoms. The lowest BCUT2D eigenvalue weighted by molar-refractivity contribution is 0.102. The molecule has 1 saturated heterocycles. The number of aromatic nitrogens is 5. The largest absolute Gasteiger partial charge is 0.378 e. The van der Waals surface area contributed by atoms with E-state index in [0.29, 0.717) is 37.8 Å². The minimum absolute atomic E-state index is 0.0753. The number of halogens is 2. The van der Waals surface area contributed by atoms with Gasteiger partial charge in [0.2, 0.25) is 0 Å². The monoisotopic (exact) mass is 363 g/mol. The van der Waals surface area contributed by atoms with Gasteiger partial charge in [0, 0.05) is 25.5 Å². The topological polar surface area (TPSA) is 100 Å². The number of hydrogen-bond acceptors (Lipinski definition) is 6. The highest BCUT2D eigenvalue weighted by molar-refractivity contribution is 6.08. The molecule has 1 fully saturated rings. The van der Waals surface area contributed by atoms with Crippen molar-refractivity contribution in [3.63, 3.8) is 0 Å².